The number of rotatable bonds is 9. The van der Waals surface area contributed by atoms with Gasteiger partial charge in [0.05, 0.1) is 6.26 Å². The van der Waals surface area contributed by atoms with Crippen molar-refractivity contribution in [1.82, 2.24) is 4.90 Å². The zero-order valence-corrected chi connectivity index (χ0v) is 18.9. The smallest absolute Gasteiger partial charge is 0.218 e. The average molecular weight is 430 g/mol. The third-order valence-electron chi connectivity index (χ3n) is 6.42. The van der Waals surface area contributed by atoms with Crippen molar-refractivity contribution in [3.63, 3.8) is 0 Å². The molecule has 162 valence electrons. The minimum absolute atomic E-state index is 0.113. The predicted molar refractivity (Wildman–Crippen MR) is 116 cm³/mol. The van der Waals surface area contributed by atoms with Crippen molar-refractivity contribution in [2.75, 3.05) is 19.8 Å². The summed E-state index contributed by atoms with van der Waals surface area (Å²) in [4.78, 5) is 14.9. The lowest BCUT2D eigenvalue weighted by Gasteiger charge is -2.19. The third kappa shape index (κ3) is 4.54. The molecule has 0 unspecified atom stereocenters. The lowest BCUT2D eigenvalue weighted by atomic mass is 9.86. The number of fused-ring (bicyclic) bond motifs is 1. The molecule has 1 saturated carbocycles. The van der Waals surface area contributed by atoms with Crippen LogP contribution in [0.15, 0.2) is 34.0 Å². The molecule has 6 heteroatoms. The summed E-state index contributed by atoms with van der Waals surface area (Å²) in [6.07, 6.45) is 7.28. The molecule has 1 aromatic carbocycles. The number of sulfone groups is 1. The highest BCUT2D eigenvalue weighted by Crippen LogP contribution is 2.44. The van der Waals surface area contributed by atoms with Crippen LogP contribution in [0.2, 0.25) is 0 Å². The van der Waals surface area contributed by atoms with E-state index in [-0.39, 0.29) is 17.3 Å². The molecule has 0 N–H and O–H groups in total. The van der Waals surface area contributed by atoms with E-state index in [2.05, 4.69) is 19.1 Å². The van der Waals surface area contributed by atoms with Gasteiger partial charge in [0.25, 0.3) is 0 Å². The number of nitrogens with zero attached hydrogens (tertiary/aromatic N) is 1. The van der Waals surface area contributed by atoms with Crippen molar-refractivity contribution in [2.24, 2.45) is 5.92 Å². The first-order valence-corrected chi connectivity index (χ1v) is 12.5. The second-order valence-electron chi connectivity index (χ2n) is 9.24. The molecule has 2 aliphatic carbocycles. The second kappa shape index (κ2) is 8.31. The lowest BCUT2D eigenvalue weighted by Crippen LogP contribution is -2.20. The standard InChI is InChI=1S/C24H31NO4S/c1-16(18-7-8-18)21-10-9-19-5-4-6-22(19)23(21)12-20(26)15-30(27,28)24-11-17(14-29-24)13-25(2)3/h9-11,14,16,18H,4-8,12-13,15H2,1-3H3/t16-/m0/s1. The van der Waals surface area contributed by atoms with E-state index in [1.165, 1.54) is 41.9 Å². The third-order valence-corrected chi connectivity index (χ3v) is 7.95. The van der Waals surface area contributed by atoms with Crippen molar-refractivity contribution in [2.45, 2.75) is 63.0 Å². The van der Waals surface area contributed by atoms with Gasteiger partial charge in [-0.15, -0.1) is 0 Å². The summed E-state index contributed by atoms with van der Waals surface area (Å²) in [7, 11) is 0.0315. The Balaban J connectivity index is 1.54. The molecule has 0 amide bonds. The summed E-state index contributed by atoms with van der Waals surface area (Å²) in [5.41, 5.74) is 5.74. The van der Waals surface area contributed by atoms with E-state index in [1.807, 2.05) is 19.0 Å². The fraction of sp³-hybridized carbons (Fsp3) is 0.542. The minimum atomic E-state index is -3.78. The number of hydrogen-bond donors (Lipinski definition) is 0. The van der Waals surface area contributed by atoms with E-state index >= 15 is 0 Å². The van der Waals surface area contributed by atoms with Crippen LogP contribution in [0.5, 0.6) is 0 Å². The molecule has 0 spiro atoms. The molecule has 1 heterocycles. The molecule has 5 nitrogen and oxygen atoms in total. The van der Waals surface area contributed by atoms with Crippen molar-refractivity contribution < 1.29 is 17.6 Å². The molecule has 30 heavy (non-hydrogen) atoms. The zero-order chi connectivity index (χ0) is 21.5. The molecule has 4 rings (SSSR count). The molecule has 1 aromatic heterocycles. The maximum absolute atomic E-state index is 12.9. The van der Waals surface area contributed by atoms with Crippen LogP contribution in [0.1, 0.15) is 59.9 Å². The molecule has 0 radical (unpaired) electrons. The maximum Gasteiger partial charge on any atom is 0.218 e. The Kier molecular flexibility index (Phi) is 5.90. The summed E-state index contributed by atoms with van der Waals surface area (Å²) in [6.45, 7) is 2.83. The van der Waals surface area contributed by atoms with Gasteiger partial charge < -0.3 is 9.32 Å². The van der Waals surface area contributed by atoms with Crippen LogP contribution < -0.4 is 0 Å². The molecule has 2 aromatic rings. The van der Waals surface area contributed by atoms with Crippen LogP contribution in [0.4, 0.5) is 0 Å². The number of carbonyl (C=O) groups is 1. The van der Waals surface area contributed by atoms with E-state index in [9.17, 15) is 13.2 Å². The summed E-state index contributed by atoms with van der Waals surface area (Å²) in [6, 6.07) is 5.93. The maximum atomic E-state index is 12.9. The Labute approximate surface area is 179 Å². The van der Waals surface area contributed by atoms with E-state index < -0.39 is 15.6 Å². The van der Waals surface area contributed by atoms with E-state index in [0.717, 1.165) is 30.4 Å². The van der Waals surface area contributed by atoms with Gasteiger partial charge in [0.1, 0.15) is 5.75 Å². The summed E-state index contributed by atoms with van der Waals surface area (Å²) < 4.78 is 30.8. The topological polar surface area (TPSA) is 67.6 Å². The van der Waals surface area contributed by atoms with Gasteiger partial charge in [-0.25, -0.2) is 8.42 Å². The Morgan fingerprint density at radius 2 is 2.00 bits per heavy atom. The van der Waals surface area contributed by atoms with Gasteiger partial charge in [-0.3, -0.25) is 4.79 Å². The van der Waals surface area contributed by atoms with Crippen LogP contribution in [0.25, 0.3) is 0 Å². The number of carbonyl (C=O) groups excluding carboxylic acids is 1. The largest absolute Gasteiger partial charge is 0.453 e. The van der Waals surface area contributed by atoms with Gasteiger partial charge in [0.2, 0.25) is 14.9 Å². The monoisotopic (exact) mass is 429 g/mol. The van der Waals surface area contributed by atoms with Gasteiger partial charge >= 0.3 is 0 Å². The Hall–Kier alpha value is -1.92. The summed E-state index contributed by atoms with van der Waals surface area (Å²) >= 11 is 0. The first-order chi connectivity index (χ1) is 14.2. The first kappa shape index (κ1) is 21.3. The van der Waals surface area contributed by atoms with Crippen molar-refractivity contribution in [1.29, 1.82) is 0 Å². The average Bonchev–Trinajstić information content (AvgIpc) is 3.20. The molecule has 0 saturated heterocycles. The Morgan fingerprint density at radius 1 is 1.23 bits per heavy atom. The van der Waals surface area contributed by atoms with E-state index in [4.69, 9.17) is 4.42 Å². The molecular formula is C24H31NO4S. The molecule has 1 fully saturated rings. The van der Waals surface area contributed by atoms with E-state index in [0.29, 0.717) is 18.4 Å². The SMILES string of the molecule is C[C@H](c1ccc2c(c1CC(=O)CS(=O)(=O)c1cc(CN(C)C)co1)CCC2)C1CC1. The molecule has 1 atom stereocenters. The van der Waals surface area contributed by atoms with Crippen molar-refractivity contribution in [3.05, 3.63) is 52.3 Å². The Morgan fingerprint density at radius 3 is 2.70 bits per heavy atom. The Bertz CT molecular complexity index is 1050. The molecular weight excluding hydrogens is 398 g/mol. The van der Waals surface area contributed by atoms with E-state index in [1.54, 1.807) is 0 Å². The highest BCUT2D eigenvalue weighted by molar-refractivity contribution is 7.92. The van der Waals surface area contributed by atoms with Gasteiger partial charge in [-0.05, 0) is 80.3 Å². The number of ketones is 1. The normalized spacial score (nSPS) is 17.3. The number of aryl methyl sites for hydroxylation is 1. The number of furan rings is 1. The highest BCUT2D eigenvalue weighted by atomic mass is 32.2. The lowest BCUT2D eigenvalue weighted by molar-refractivity contribution is -0.116. The first-order valence-electron chi connectivity index (χ1n) is 10.8. The van der Waals surface area contributed by atoms with Crippen molar-refractivity contribution >= 4 is 15.6 Å². The van der Waals surface area contributed by atoms with Crippen LogP contribution in [-0.2, 0) is 40.4 Å². The zero-order valence-electron chi connectivity index (χ0n) is 18.1. The minimum Gasteiger partial charge on any atom is -0.453 e. The summed E-state index contributed by atoms with van der Waals surface area (Å²) in [5, 5.41) is -0.113. The number of hydrogen-bond acceptors (Lipinski definition) is 5. The highest BCUT2D eigenvalue weighted by Gasteiger charge is 2.32. The van der Waals surface area contributed by atoms with Gasteiger partial charge in [0.15, 0.2) is 5.78 Å². The molecule has 0 bridgehead atoms. The van der Waals surface area contributed by atoms with Crippen LogP contribution >= 0.6 is 0 Å². The predicted octanol–water partition coefficient (Wildman–Crippen LogP) is 3.93. The molecule has 2 aliphatic rings. The second-order valence-corrected chi connectivity index (χ2v) is 11.2. The van der Waals surface area contributed by atoms with Gasteiger partial charge in [0, 0.05) is 24.6 Å². The van der Waals surface area contributed by atoms with Gasteiger partial charge in [-0.2, -0.15) is 0 Å². The molecule has 0 aliphatic heterocycles. The van der Waals surface area contributed by atoms with Gasteiger partial charge in [-0.1, -0.05) is 19.1 Å². The fourth-order valence-electron chi connectivity index (χ4n) is 4.74. The van der Waals surface area contributed by atoms with Crippen molar-refractivity contribution in [3.8, 4) is 0 Å². The van der Waals surface area contributed by atoms with Crippen LogP contribution in [0, 0.1) is 5.92 Å². The number of benzene rings is 1. The fourth-order valence-corrected chi connectivity index (χ4v) is 5.94. The summed E-state index contributed by atoms with van der Waals surface area (Å²) in [5.74, 6) is 0.349. The van der Waals surface area contributed by atoms with Crippen LogP contribution in [0.3, 0.4) is 0 Å². The van der Waals surface area contributed by atoms with Crippen LogP contribution in [-0.4, -0.2) is 38.9 Å². The quantitative estimate of drug-likeness (QED) is 0.604. The number of Topliss-reactive ketones (excluding diaryl/α,β-unsaturated/α-hetero) is 1.